The smallest absolute Gasteiger partial charge is 0.251 e. The number of aromatic nitrogens is 3. The molecule has 1 saturated heterocycles. The summed E-state index contributed by atoms with van der Waals surface area (Å²) in [6.45, 7) is 6.92. The Morgan fingerprint density at radius 1 is 1.24 bits per heavy atom. The first-order chi connectivity index (χ1) is 18.1. The number of carbonyl (C=O) groups is 1. The SMILES string of the molecule is CC(C)(O)COc1cc(-c2ccc(N3CCC(C)(NC(=O)c4ccccc4)C3)nc2)c2c(C#N)cnn2c1. The van der Waals surface area contributed by atoms with E-state index in [9.17, 15) is 15.2 Å². The predicted octanol–water partition coefficient (Wildman–Crippen LogP) is 3.82. The quantitative estimate of drug-likeness (QED) is 0.388. The molecule has 0 aliphatic carbocycles. The van der Waals surface area contributed by atoms with Gasteiger partial charge in [0.1, 0.15) is 24.2 Å². The van der Waals surface area contributed by atoms with Crippen molar-refractivity contribution in [2.45, 2.75) is 38.3 Å². The molecule has 9 nitrogen and oxygen atoms in total. The van der Waals surface area contributed by atoms with Crippen molar-refractivity contribution in [3.8, 4) is 22.9 Å². The molecule has 194 valence electrons. The van der Waals surface area contributed by atoms with Gasteiger partial charge in [-0.05, 0) is 57.5 Å². The molecule has 9 heteroatoms. The molecule has 3 aromatic heterocycles. The first kappa shape index (κ1) is 25.2. The molecule has 38 heavy (non-hydrogen) atoms. The fourth-order valence-electron chi connectivity index (χ4n) is 4.66. The van der Waals surface area contributed by atoms with Gasteiger partial charge >= 0.3 is 0 Å². The number of aliphatic hydroxyl groups is 1. The van der Waals surface area contributed by atoms with Crippen molar-refractivity contribution in [3.63, 3.8) is 0 Å². The van der Waals surface area contributed by atoms with Gasteiger partial charge in [-0.2, -0.15) is 10.4 Å². The monoisotopic (exact) mass is 510 g/mol. The summed E-state index contributed by atoms with van der Waals surface area (Å²) in [5.41, 5.74) is 1.95. The van der Waals surface area contributed by atoms with E-state index in [2.05, 4.69) is 28.3 Å². The Morgan fingerprint density at radius 3 is 2.71 bits per heavy atom. The van der Waals surface area contributed by atoms with Crippen molar-refractivity contribution in [2.75, 3.05) is 24.6 Å². The van der Waals surface area contributed by atoms with E-state index in [1.165, 1.54) is 6.20 Å². The summed E-state index contributed by atoms with van der Waals surface area (Å²) in [6, 6.07) is 17.2. The minimum Gasteiger partial charge on any atom is -0.489 e. The van der Waals surface area contributed by atoms with Crippen molar-refractivity contribution in [1.29, 1.82) is 5.26 Å². The van der Waals surface area contributed by atoms with E-state index in [4.69, 9.17) is 9.72 Å². The standard InChI is InChI=1S/C29H30N6O3/c1-28(2,37)19-38-23-13-24(26-22(14-30)16-32-35(26)17-23)21-9-10-25(31-15-21)34-12-11-29(3,18-34)33-27(36)20-7-5-4-6-8-20/h4-10,13,15-17,37H,11-12,18-19H2,1-3H3,(H,33,36). The number of ether oxygens (including phenoxy) is 1. The Balaban J connectivity index is 1.37. The summed E-state index contributed by atoms with van der Waals surface area (Å²) in [4.78, 5) is 19.6. The van der Waals surface area contributed by atoms with Gasteiger partial charge in [0, 0.05) is 36.0 Å². The van der Waals surface area contributed by atoms with Gasteiger partial charge in [-0.15, -0.1) is 0 Å². The van der Waals surface area contributed by atoms with Gasteiger partial charge in [0.05, 0.1) is 34.6 Å². The van der Waals surface area contributed by atoms with E-state index < -0.39 is 5.60 Å². The molecule has 4 heterocycles. The molecule has 1 aliphatic heterocycles. The minimum atomic E-state index is -0.995. The normalized spacial score (nSPS) is 17.4. The zero-order chi connectivity index (χ0) is 26.9. The van der Waals surface area contributed by atoms with Gasteiger partial charge in [0.2, 0.25) is 0 Å². The third-order valence-electron chi connectivity index (χ3n) is 6.61. The number of hydrogen-bond acceptors (Lipinski definition) is 7. The molecule has 0 saturated carbocycles. The molecule has 1 fully saturated rings. The van der Waals surface area contributed by atoms with Crippen molar-refractivity contribution < 1.29 is 14.6 Å². The Morgan fingerprint density at radius 2 is 2.03 bits per heavy atom. The summed E-state index contributed by atoms with van der Waals surface area (Å²) in [7, 11) is 0. The van der Waals surface area contributed by atoms with Gasteiger partial charge in [0.25, 0.3) is 5.91 Å². The van der Waals surface area contributed by atoms with Crippen LogP contribution in [0.1, 0.15) is 43.1 Å². The summed E-state index contributed by atoms with van der Waals surface area (Å²) in [5.74, 6) is 1.25. The fourth-order valence-corrected chi connectivity index (χ4v) is 4.66. The Bertz CT molecular complexity index is 1500. The second-order valence-electron chi connectivity index (χ2n) is 10.6. The van der Waals surface area contributed by atoms with Gasteiger partial charge in [-0.1, -0.05) is 18.2 Å². The molecule has 4 aromatic rings. The van der Waals surface area contributed by atoms with E-state index >= 15 is 0 Å². The van der Waals surface area contributed by atoms with E-state index in [1.807, 2.05) is 48.5 Å². The molecule has 1 unspecified atom stereocenters. The molecule has 2 N–H and O–H groups in total. The summed E-state index contributed by atoms with van der Waals surface area (Å²) in [6.07, 6.45) is 5.80. The summed E-state index contributed by atoms with van der Waals surface area (Å²) < 4.78 is 7.43. The van der Waals surface area contributed by atoms with Crippen LogP contribution in [0.4, 0.5) is 5.82 Å². The molecular formula is C29H30N6O3. The number of nitriles is 1. The van der Waals surface area contributed by atoms with Crippen molar-refractivity contribution in [3.05, 3.63) is 78.2 Å². The second kappa shape index (κ2) is 9.80. The fraction of sp³-hybridized carbons (Fsp3) is 0.310. The van der Waals surface area contributed by atoms with Crippen molar-refractivity contribution in [1.82, 2.24) is 19.9 Å². The lowest BCUT2D eigenvalue weighted by Gasteiger charge is -2.26. The number of carbonyl (C=O) groups excluding carboxylic acids is 1. The summed E-state index contributed by atoms with van der Waals surface area (Å²) in [5, 5.41) is 27.2. The summed E-state index contributed by atoms with van der Waals surface area (Å²) >= 11 is 0. The number of nitrogens with one attached hydrogen (secondary N) is 1. The molecular weight excluding hydrogens is 480 g/mol. The number of rotatable bonds is 7. The van der Waals surface area contributed by atoms with Crippen LogP contribution < -0.4 is 15.0 Å². The first-order valence-electron chi connectivity index (χ1n) is 12.5. The van der Waals surface area contributed by atoms with E-state index in [-0.39, 0.29) is 18.1 Å². The number of fused-ring (bicyclic) bond motifs is 1. The van der Waals surface area contributed by atoms with Gasteiger partial charge < -0.3 is 20.1 Å². The molecule has 0 spiro atoms. The first-order valence-corrected chi connectivity index (χ1v) is 12.5. The van der Waals surface area contributed by atoms with Gasteiger partial charge in [-0.25, -0.2) is 9.50 Å². The maximum atomic E-state index is 12.7. The number of amides is 1. The zero-order valence-corrected chi connectivity index (χ0v) is 21.7. The van der Waals surface area contributed by atoms with Crippen LogP contribution in [0, 0.1) is 11.3 Å². The van der Waals surface area contributed by atoms with Crippen molar-refractivity contribution >= 4 is 17.2 Å². The van der Waals surface area contributed by atoms with Crippen LogP contribution >= 0.6 is 0 Å². The largest absolute Gasteiger partial charge is 0.489 e. The van der Waals surface area contributed by atoms with Gasteiger partial charge in [-0.3, -0.25) is 4.79 Å². The highest BCUT2D eigenvalue weighted by molar-refractivity contribution is 5.94. The van der Waals surface area contributed by atoms with E-state index in [0.29, 0.717) is 28.9 Å². The lowest BCUT2D eigenvalue weighted by Crippen LogP contribution is -2.48. The molecule has 0 bridgehead atoms. The Labute approximate surface area is 221 Å². The molecule has 1 aliphatic rings. The maximum absolute atomic E-state index is 12.7. The highest BCUT2D eigenvalue weighted by Crippen LogP contribution is 2.32. The second-order valence-corrected chi connectivity index (χ2v) is 10.6. The lowest BCUT2D eigenvalue weighted by molar-refractivity contribution is 0.0283. The Kier molecular flexibility index (Phi) is 6.51. The third kappa shape index (κ3) is 5.31. The maximum Gasteiger partial charge on any atom is 0.251 e. The van der Waals surface area contributed by atoms with E-state index in [0.717, 1.165) is 29.9 Å². The van der Waals surface area contributed by atoms with Crippen LogP contribution in [0.15, 0.2) is 67.1 Å². The van der Waals surface area contributed by atoms with Crippen LogP contribution in [0.2, 0.25) is 0 Å². The number of benzene rings is 1. The predicted molar refractivity (Wildman–Crippen MR) is 144 cm³/mol. The van der Waals surface area contributed by atoms with Crippen molar-refractivity contribution in [2.24, 2.45) is 0 Å². The molecule has 0 radical (unpaired) electrons. The number of hydrogen-bond donors (Lipinski definition) is 2. The van der Waals surface area contributed by atoms with Crippen LogP contribution in [0.5, 0.6) is 5.75 Å². The minimum absolute atomic E-state index is 0.0805. The average Bonchev–Trinajstić information content (AvgIpc) is 3.50. The number of pyridine rings is 2. The lowest BCUT2D eigenvalue weighted by atomic mass is 10.0. The van der Waals surface area contributed by atoms with Crippen LogP contribution in [0.25, 0.3) is 16.6 Å². The van der Waals surface area contributed by atoms with Crippen LogP contribution in [-0.2, 0) is 0 Å². The van der Waals surface area contributed by atoms with Crippen LogP contribution in [0.3, 0.4) is 0 Å². The number of anilines is 1. The van der Waals surface area contributed by atoms with Crippen LogP contribution in [-0.4, -0.2) is 56.4 Å². The highest BCUT2D eigenvalue weighted by Gasteiger charge is 2.36. The molecule has 1 atom stereocenters. The zero-order valence-electron chi connectivity index (χ0n) is 21.7. The molecule has 5 rings (SSSR count). The third-order valence-corrected chi connectivity index (χ3v) is 6.61. The topological polar surface area (TPSA) is 116 Å². The molecule has 1 amide bonds. The van der Waals surface area contributed by atoms with Gasteiger partial charge in [0.15, 0.2) is 0 Å². The molecule has 1 aromatic carbocycles. The average molecular weight is 511 g/mol. The number of nitrogens with zero attached hydrogens (tertiary/aromatic N) is 5. The highest BCUT2D eigenvalue weighted by atomic mass is 16.5. The Hall–Kier alpha value is -4.42. The van der Waals surface area contributed by atoms with E-state index in [1.54, 1.807) is 30.8 Å².